The molecule has 2 aromatic heterocycles. The van der Waals surface area contributed by atoms with E-state index in [9.17, 15) is 24.3 Å². The molecule has 2 amide bonds. The van der Waals surface area contributed by atoms with Gasteiger partial charge in [-0.2, -0.15) is 5.26 Å². The number of aromatic nitrogens is 1. The first-order chi connectivity index (χ1) is 18.7. The largest absolute Gasteiger partial charge is 0.507 e. The van der Waals surface area contributed by atoms with Gasteiger partial charge in [0.05, 0.1) is 18.0 Å². The molecule has 0 saturated carbocycles. The molecule has 40 heavy (non-hydrogen) atoms. The summed E-state index contributed by atoms with van der Waals surface area (Å²) in [5.41, 5.74) is 1.83. The topological polar surface area (TPSA) is 131 Å². The van der Waals surface area contributed by atoms with Crippen molar-refractivity contribution in [3.05, 3.63) is 84.1 Å². The molecular formula is C29H27ClFN5O4. The van der Waals surface area contributed by atoms with Gasteiger partial charge in [0.25, 0.3) is 5.91 Å². The average molecular weight is 564 g/mol. The van der Waals surface area contributed by atoms with Gasteiger partial charge >= 0.3 is 0 Å². The van der Waals surface area contributed by atoms with Crippen molar-refractivity contribution < 1.29 is 23.5 Å². The number of nitrogens with one attached hydrogen (secondary N) is 2. The fourth-order valence-electron chi connectivity index (χ4n) is 3.90. The quantitative estimate of drug-likeness (QED) is 0.251. The summed E-state index contributed by atoms with van der Waals surface area (Å²) in [6, 6.07) is 16.6. The van der Waals surface area contributed by atoms with Crippen LogP contribution in [-0.2, 0) is 4.79 Å². The van der Waals surface area contributed by atoms with E-state index in [-0.39, 0.29) is 58.5 Å². The molecule has 11 heteroatoms. The predicted octanol–water partition coefficient (Wildman–Crippen LogP) is 5.68. The van der Waals surface area contributed by atoms with Gasteiger partial charge in [0, 0.05) is 22.9 Å². The number of phenolic OH excluding ortho intramolecular Hbond substituents is 1. The minimum Gasteiger partial charge on any atom is -0.507 e. The van der Waals surface area contributed by atoms with Crippen molar-refractivity contribution in [1.82, 2.24) is 9.88 Å². The van der Waals surface area contributed by atoms with E-state index in [2.05, 4.69) is 21.7 Å². The maximum Gasteiger partial charge on any atom is 0.292 e. The zero-order valence-electron chi connectivity index (χ0n) is 21.9. The molecule has 0 bridgehead atoms. The Morgan fingerprint density at radius 3 is 2.55 bits per heavy atom. The third-order valence-corrected chi connectivity index (χ3v) is 6.32. The van der Waals surface area contributed by atoms with Gasteiger partial charge in [-0.25, -0.2) is 9.37 Å². The monoisotopic (exact) mass is 563 g/mol. The summed E-state index contributed by atoms with van der Waals surface area (Å²) < 4.78 is 18.8. The summed E-state index contributed by atoms with van der Waals surface area (Å²) in [5, 5.41) is 26.0. The van der Waals surface area contributed by atoms with Gasteiger partial charge in [0.15, 0.2) is 11.6 Å². The molecule has 2 heterocycles. The number of rotatable bonds is 8. The lowest BCUT2D eigenvalue weighted by Crippen LogP contribution is -2.39. The highest BCUT2D eigenvalue weighted by Crippen LogP contribution is 2.36. The highest BCUT2D eigenvalue weighted by atomic mass is 35.5. The number of likely N-dealkylation sites (N-methyl/N-ethyl adjacent to an activating group) is 1. The van der Waals surface area contributed by atoms with Crippen molar-refractivity contribution in [2.75, 3.05) is 24.2 Å². The molecule has 0 aliphatic rings. The van der Waals surface area contributed by atoms with Gasteiger partial charge in [-0.3, -0.25) is 14.5 Å². The van der Waals surface area contributed by atoms with E-state index in [4.69, 9.17) is 4.42 Å². The lowest BCUT2D eigenvalue weighted by atomic mass is 9.97. The van der Waals surface area contributed by atoms with Gasteiger partial charge in [-0.15, -0.1) is 12.4 Å². The third-order valence-electron chi connectivity index (χ3n) is 6.32. The second kappa shape index (κ2) is 12.9. The van der Waals surface area contributed by atoms with Crippen LogP contribution in [0.5, 0.6) is 5.75 Å². The molecule has 4 rings (SSSR count). The number of phenols is 1. The number of anilines is 2. The molecule has 4 aromatic rings. The standard InChI is InChI=1S/C29H26FN5O4.ClH/c1-4-35(3)17(2)28(37)32-20-8-5-7-18(13-20)22-15-24(21-11-10-19(30)14-25(21)36)33-27(23(22)16-31)34-29(38)26-9-6-12-39-26;/h5-15,17,36H,4H2,1-3H3,(H,32,37)(H,33,34,38);1H. The van der Waals surface area contributed by atoms with Crippen molar-refractivity contribution in [2.45, 2.75) is 19.9 Å². The first-order valence-electron chi connectivity index (χ1n) is 12.1. The van der Waals surface area contributed by atoms with Crippen LogP contribution >= 0.6 is 12.4 Å². The van der Waals surface area contributed by atoms with Crippen LogP contribution in [0.2, 0.25) is 0 Å². The van der Waals surface area contributed by atoms with Crippen LogP contribution in [0, 0.1) is 17.1 Å². The van der Waals surface area contributed by atoms with Crippen molar-refractivity contribution in [1.29, 1.82) is 5.26 Å². The number of aromatic hydroxyl groups is 1. The molecule has 206 valence electrons. The van der Waals surface area contributed by atoms with Crippen LogP contribution in [0.4, 0.5) is 15.9 Å². The maximum absolute atomic E-state index is 13.7. The summed E-state index contributed by atoms with van der Waals surface area (Å²) in [6.45, 7) is 4.45. The molecule has 0 spiro atoms. The number of furan rings is 1. The number of amides is 2. The number of pyridine rings is 1. The molecule has 2 aromatic carbocycles. The van der Waals surface area contributed by atoms with Crippen LogP contribution in [0.3, 0.4) is 0 Å². The van der Waals surface area contributed by atoms with Crippen LogP contribution < -0.4 is 10.6 Å². The Bertz CT molecular complexity index is 1570. The Hall–Kier alpha value is -4.72. The maximum atomic E-state index is 13.7. The summed E-state index contributed by atoms with van der Waals surface area (Å²) in [6.07, 6.45) is 1.34. The van der Waals surface area contributed by atoms with Crippen molar-refractivity contribution >= 4 is 35.7 Å². The number of hydrogen-bond donors (Lipinski definition) is 3. The Morgan fingerprint density at radius 1 is 1.12 bits per heavy atom. The summed E-state index contributed by atoms with van der Waals surface area (Å²) in [4.78, 5) is 31.8. The molecule has 0 fully saturated rings. The molecule has 0 radical (unpaired) electrons. The second-order valence-corrected chi connectivity index (χ2v) is 8.80. The highest BCUT2D eigenvalue weighted by molar-refractivity contribution is 6.03. The molecule has 1 atom stereocenters. The molecular weight excluding hydrogens is 537 g/mol. The van der Waals surface area contributed by atoms with Crippen LogP contribution in [0.15, 0.2) is 71.3 Å². The zero-order valence-corrected chi connectivity index (χ0v) is 22.8. The minimum atomic E-state index is -0.636. The number of nitriles is 1. The summed E-state index contributed by atoms with van der Waals surface area (Å²) >= 11 is 0. The fraction of sp³-hybridized carbons (Fsp3) is 0.172. The van der Waals surface area contributed by atoms with E-state index >= 15 is 0 Å². The van der Waals surface area contributed by atoms with Gasteiger partial charge in [-0.05, 0) is 68.5 Å². The Kier molecular flexibility index (Phi) is 9.61. The van der Waals surface area contributed by atoms with E-state index in [1.54, 1.807) is 43.3 Å². The molecule has 0 aliphatic heterocycles. The third kappa shape index (κ3) is 6.46. The average Bonchev–Trinajstić information content (AvgIpc) is 3.47. The second-order valence-electron chi connectivity index (χ2n) is 8.80. The molecule has 0 saturated heterocycles. The van der Waals surface area contributed by atoms with Crippen LogP contribution in [0.25, 0.3) is 22.4 Å². The number of carbonyl (C=O) groups is 2. The van der Waals surface area contributed by atoms with Gasteiger partial charge in [0.1, 0.15) is 23.2 Å². The number of carbonyl (C=O) groups excluding carboxylic acids is 2. The molecule has 3 N–H and O–H groups in total. The normalized spacial score (nSPS) is 11.3. The lowest BCUT2D eigenvalue weighted by Gasteiger charge is -2.22. The first-order valence-corrected chi connectivity index (χ1v) is 12.1. The Balaban J connectivity index is 0.00000441. The van der Waals surface area contributed by atoms with Gasteiger partial charge in [0.2, 0.25) is 5.91 Å². The van der Waals surface area contributed by atoms with Crippen LogP contribution in [0.1, 0.15) is 30.0 Å². The lowest BCUT2D eigenvalue weighted by molar-refractivity contribution is -0.120. The van der Waals surface area contributed by atoms with Crippen molar-refractivity contribution in [3.63, 3.8) is 0 Å². The zero-order chi connectivity index (χ0) is 28.1. The summed E-state index contributed by atoms with van der Waals surface area (Å²) in [5.74, 6) is -1.91. The number of halogens is 2. The molecule has 1 unspecified atom stereocenters. The first kappa shape index (κ1) is 29.8. The number of nitrogens with zero attached hydrogens (tertiary/aromatic N) is 3. The van der Waals surface area contributed by atoms with E-state index in [1.165, 1.54) is 24.5 Å². The smallest absolute Gasteiger partial charge is 0.292 e. The number of hydrogen-bond acceptors (Lipinski definition) is 7. The van der Waals surface area contributed by atoms with Crippen molar-refractivity contribution in [3.8, 4) is 34.2 Å². The van der Waals surface area contributed by atoms with Crippen molar-refractivity contribution in [2.24, 2.45) is 0 Å². The number of benzene rings is 2. The molecule has 0 aliphatic carbocycles. The van der Waals surface area contributed by atoms with E-state index in [0.29, 0.717) is 23.4 Å². The minimum absolute atomic E-state index is 0. The summed E-state index contributed by atoms with van der Waals surface area (Å²) in [7, 11) is 1.85. The Morgan fingerprint density at radius 2 is 1.90 bits per heavy atom. The van der Waals surface area contributed by atoms with Gasteiger partial charge < -0.3 is 20.2 Å². The molecule has 9 nitrogen and oxygen atoms in total. The van der Waals surface area contributed by atoms with E-state index in [0.717, 1.165) is 6.07 Å². The Labute approximate surface area is 236 Å². The predicted molar refractivity (Wildman–Crippen MR) is 152 cm³/mol. The van der Waals surface area contributed by atoms with E-state index in [1.807, 2.05) is 18.9 Å². The van der Waals surface area contributed by atoms with Gasteiger partial charge in [-0.1, -0.05) is 19.1 Å². The van der Waals surface area contributed by atoms with Crippen LogP contribution in [-0.4, -0.2) is 46.4 Å². The fourth-order valence-corrected chi connectivity index (χ4v) is 3.90. The SMILES string of the molecule is CCN(C)C(C)C(=O)Nc1cccc(-c2cc(-c3ccc(F)cc3O)nc(NC(=O)c3ccco3)c2C#N)c1.Cl. The highest BCUT2D eigenvalue weighted by Gasteiger charge is 2.21. The van der Waals surface area contributed by atoms with E-state index < -0.39 is 11.7 Å².